The lowest BCUT2D eigenvalue weighted by Crippen LogP contribution is -2.49. The van der Waals surface area contributed by atoms with Crippen LogP contribution in [0.25, 0.3) is 0 Å². The minimum atomic E-state index is -0.889. The van der Waals surface area contributed by atoms with Gasteiger partial charge in [-0.3, -0.25) is 14.5 Å². The molecule has 0 saturated carbocycles. The third-order valence-electron chi connectivity index (χ3n) is 4.30. The summed E-state index contributed by atoms with van der Waals surface area (Å²) in [6.07, 6.45) is 0.665. The maximum Gasteiger partial charge on any atom is 0.317 e. The Morgan fingerprint density at radius 1 is 1.29 bits per heavy atom. The molecule has 0 radical (unpaired) electrons. The number of morpholine rings is 1. The summed E-state index contributed by atoms with van der Waals surface area (Å²) < 4.78 is 17.0. The Bertz CT molecular complexity index is 666. The zero-order chi connectivity index (χ0) is 20.5. The van der Waals surface area contributed by atoms with Crippen molar-refractivity contribution in [2.45, 2.75) is 26.4 Å². The molecule has 1 saturated heterocycles. The fourth-order valence-electron chi connectivity index (χ4n) is 3.08. The molecule has 1 aromatic carbocycles. The van der Waals surface area contributed by atoms with Crippen LogP contribution < -0.4 is 9.47 Å². The average Bonchev–Trinajstić information content (AvgIpc) is 2.66. The molecular weight excluding hydrogens is 364 g/mol. The topological polar surface area (TPSA) is 88.5 Å². The van der Waals surface area contributed by atoms with Crippen LogP contribution in [0.1, 0.15) is 30.6 Å². The molecule has 1 amide bonds. The number of likely N-dealkylation sites (N-methyl/N-ethyl adjacent to an activating group) is 1. The lowest BCUT2D eigenvalue weighted by molar-refractivity contribution is -0.138. The molecule has 0 aromatic heterocycles. The fourth-order valence-corrected chi connectivity index (χ4v) is 3.08. The van der Waals surface area contributed by atoms with Crippen molar-refractivity contribution in [3.8, 4) is 11.5 Å². The van der Waals surface area contributed by atoms with E-state index in [9.17, 15) is 9.59 Å². The molecule has 1 unspecified atom stereocenters. The molecule has 8 heteroatoms. The van der Waals surface area contributed by atoms with Crippen LogP contribution in [0.3, 0.4) is 0 Å². The molecule has 0 bridgehead atoms. The molecule has 1 heterocycles. The molecule has 1 N–H and O–H groups in total. The minimum Gasteiger partial charge on any atom is -0.490 e. The summed E-state index contributed by atoms with van der Waals surface area (Å²) in [5, 5.41) is 8.88. The first-order chi connectivity index (χ1) is 13.4. The molecule has 1 aromatic rings. The zero-order valence-electron chi connectivity index (χ0n) is 16.8. The number of aliphatic carboxylic acids is 1. The largest absolute Gasteiger partial charge is 0.490 e. The Morgan fingerprint density at radius 3 is 2.75 bits per heavy atom. The lowest BCUT2D eigenvalue weighted by Gasteiger charge is -2.34. The van der Waals surface area contributed by atoms with Gasteiger partial charge in [0.05, 0.1) is 32.5 Å². The highest BCUT2D eigenvalue weighted by atomic mass is 16.5. The van der Waals surface area contributed by atoms with E-state index in [2.05, 4.69) is 0 Å². The van der Waals surface area contributed by atoms with Crippen molar-refractivity contribution in [2.24, 2.45) is 0 Å². The van der Waals surface area contributed by atoms with E-state index in [0.717, 1.165) is 6.42 Å². The van der Waals surface area contributed by atoms with Crippen molar-refractivity contribution in [1.82, 2.24) is 9.80 Å². The van der Waals surface area contributed by atoms with Crippen molar-refractivity contribution in [2.75, 3.05) is 53.0 Å². The highest BCUT2D eigenvalue weighted by Gasteiger charge is 2.27. The van der Waals surface area contributed by atoms with Crippen molar-refractivity contribution in [1.29, 1.82) is 0 Å². The van der Waals surface area contributed by atoms with Gasteiger partial charge in [0, 0.05) is 25.2 Å². The third kappa shape index (κ3) is 6.38. The molecule has 28 heavy (non-hydrogen) atoms. The molecule has 0 spiro atoms. The summed E-state index contributed by atoms with van der Waals surface area (Å²) in [4.78, 5) is 27.2. The zero-order valence-corrected chi connectivity index (χ0v) is 16.8. The van der Waals surface area contributed by atoms with Gasteiger partial charge in [-0.15, -0.1) is 0 Å². The second-order valence-electron chi connectivity index (χ2n) is 6.78. The van der Waals surface area contributed by atoms with Crippen molar-refractivity contribution in [3.05, 3.63) is 23.8 Å². The molecule has 8 nitrogen and oxygen atoms in total. The van der Waals surface area contributed by atoms with E-state index in [4.69, 9.17) is 19.3 Å². The van der Waals surface area contributed by atoms with Crippen molar-refractivity contribution in [3.63, 3.8) is 0 Å². The predicted molar refractivity (Wildman–Crippen MR) is 104 cm³/mol. The summed E-state index contributed by atoms with van der Waals surface area (Å²) in [5.74, 6) is 0.209. The normalized spacial score (nSPS) is 16.9. The van der Waals surface area contributed by atoms with Crippen LogP contribution in [0.5, 0.6) is 11.5 Å². The smallest absolute Gasteiger partial charge is 0.317 e. The van der Waals surface area contributed by atoms with Crippen LogP contribution in [0, 0.1) is 0 Å². The minimum absolute atomic E-state index is 0.0647. The average molecular weight is 394 g/mol. The Kier molecular flexibility index (Phi) is 8.53. The Hall–Kier alpha value is -2.32. The first-order valence-corrected chi connectivity index (χ1v) is 9.65. The highest BCUT2D eigenvalue weighted by Crippen LogP contribution is 2.29. The van der Waals surface area contributed by atoms with Gasteiger partial charge in [-0.1, -0.05) is 6.92 Å². The first kappa shape index (κ1) is 22.0. The van der Waals surface area contributed by atoms with Gasteiger partial charge in [0.25, 0.3) is 5.91 Å². The molecule has 1 fully saturated rings. The second kappa shape index (κ2) is 10.9. The Morgan fingerprint density at radius 2 is 2.07 bits per heavy atom. The van der Waals surface area contributed by atoms with Crippen LogP contribution >= 0.6 is 0 Å². The molecule has 156 valence electrons. The summed E-state index contributed by atoms with van der Waals surface area (Å²) in [7, 11) is 1.72. The van der Waals surface area contributed by atoms with Gasteiger partial charge >= 0.3 is 5.97 Å². The van der Waals surface area contributed by atoms with Gasteiger partial charge < -0.3 is 24.2 Å². The van der Waals surface area contributed by atoms with E-state index < -0.39 is 5.97 Å². The van der Waals surface area contributed by atoms with Gasteiger partial charge in [0.1, 0.15) is 0 Å². The second-order valence-corrected chi connectivity index (χ2v) is 6.78. The summed E-state index contributed by atoms with van der Waals surface area (Å²) >= 11 is 0. The number of carbonyl (C=O) groups excluding carboxylic acids is 1. The van der Waals surface area contributed by atoms with Crippen LogP contribution in [0.2, 0.25) is 0 Å². The fraction of sp³-hybridized carbons (Fsp3) is 0.600. The van der Waals surface area contributed by atoms with Crippen LogP contribution in [-0.2, 0) is 9.53 Å². The van der Waals surface area contributed by atoms with E-state index in [1.807, 2.05) is 13.8 Å². The highest BCUT2D eigenvalue weighted by molar-refractivity contribution is 5.95. The number of amides is 1. The van der Waals surface area contributed by atoms with Gasteiger partial charge in [0.2, 0.25) is 0 Å². The molecule has 1 atom stereocenters. The Balaban J connectivity index is 2.05. The first-order valence-electron chi connectivity index (χ1n) is 9.65. The van der Waals surface area contributed by atoms with Gasteiger partial charge in [0.15, 0.2) is 11.5 Å². The van der Waals surface area contributed by atoms with Crippen LogP contribution in [0.15, 0.2) is 18.2 Å². The number of ether oxygens (including phenoxy) is 3. The van der Waals surface area contributed by atoms with E-state index >= 15 is 0 Å². The summed E-state index contributed by atoms with van der Waals surface area (Å²) in [6.45, 7) is 6.70. The van der Waals surface area contributed by atoms with Gasteiger partial charge in [-0.2, -0.15) is 0 Å². The number of carbonyl (C=O) groups is 2. The quantitative estimate of drug-likeness (QED) is 0.646. The van der Waals surface area contributed by atoms with E-state index in [-0.39, 0.29) is 18.6 Å². The van der Waals surface area contributed by atoms with E-state index in [0.29, 0.717) is 56.5 Å². The van der Waals surface area contributed by atoms with E-state index in [1.54, 1.807) is 35.0 Å². The van der Waals surface area contributed by atoms with E-state index in [1.165, 1.54) is 0 Å². The third-order valence-corrected chi connectivity index (χ3v) is 4.30. The SMILES string of the molecule is CCCOc1ccc(C(=O)N2CCOC(CN(C)CC(=O)O)C2)cc1OCC. The monoisotopic (exact) mass is 394 g/mol. The maximum atomic E-state index is 13.0. The summed E-state index contributed by atoms with van der Waals surface area (Å²) in [6, 6.07) is 5.24. The van der Waals surface area contributed by atoms with Crippen molar-refractivity contribution < 1.29 is 28.9 Å². The number of carboxylic acid groups (broad SMARTS) is 1. The standard InChI is InChI=1S/C20H30N2O6/c1-4-9-28-17-7-6-15(11-18(17)26-5-2)20(25)22-8-10-27-16(13-22)12-21(3)14-19(23)24/h6-7,11,16H,4-5,8-10,12-14H2,1-3H3,(H,23,24). The number of hydrogen-bond acceptors (Lipinski definition) is 6. The van der Waals surface area contributed by atoms with Gasteiger partial charge in [-0.25, -0.2) is 0 Å². The number of carboxylic acids is 1. The lowest BCUT2D eigenvalue weighted by atomic mass is 10.1. The number of hydrogen-bond donors (Lipinski definition) is 1. The molecular formula is C20H30N2O6. The molecule has 1 aliphatic rings. The van der Waals surface area contributed by atoms with Crippen molar-refractivity contribution >= 4 is 11.9 Å². The molecule has 0 aliphatic carbocycles. The Labute approximate surface area is 166 Å². The number of nitrogens with zero attached hydrogens (tertiary/aromatic N) is 2. The van der Waals surface area contributed by atoms with Crippen LogP contribution in [-0.4, -0.2) is 85.9 Å². The number of rotatable bonds is 10. The molecule has 2 rings (SSSR count). The molecule has 1 aliphatic heterocycles. The maximum absolute atomic E-state index is 13.0. The van der Waals surface area contributed by atoms with Gasteiger partial charge in [-0.05, 0) is 38.6 Å². The van der Waals surface area contributed by atoms with Crippen LogP contribution in [0.4, 0.5) is 0 Å². The predicted octanol–water partition coefficient (Wildman–Crippen LogP) is 1.73. The number of benzene rings is 1. The summed E-state index contributed by atoms with van der Waals surface area (Å²) in [5.41, 5.74) is 0.534.